The molecule has 0 bridgehead atoms. The van der Waals surface area contributed by atoms with Crippen molar-refractivity contribution in [3.8, 4) is 28.7 Å². The molecule has 40 heavy (non-hydrogen) atoms. The number of hydrogen-bond acceptors (Lipinski definition) is 11. The van der Waals surface area contributed by atoms with E-state index >= 15 is 0 Å². The van der Waals surface area contributed by atoms with Gasteiger partial charge in [0.1, 0.15) is 40.4 Å². The van der Waals surface area contributed by atoms with Gasteiger partial charge < -0.3 is 30.5 Å². The van der Waals surface area contributed by atoms with Gasteiger partial charge in [-0.1, -0.05) is 6.07 Å². The van der Waals surface area contributed by atoms with Crippen molar-refractivity contribution in [2.45, 2.75) is 31.4 Å². The zero-order valence-electron chi connectivity index (χ0n) is 20.8. The molecule has 1 aromatic heterocycles. The Bertz CT molecular complexity index is 1560. The average Bonchev–Trinajstić information content (AvgIpc) is 3.61. The molecule has 13 heteroatoms. The highest BCUT2D eigenvalue weighted by molar-refractivity contribution is 6.16. The second-order valence-corrected chi connectivity index (χ2v) is 9.12. The fourth-order valence-corrected chi connectivity index (χ4v) is 4.59. The number of carbonyl (C=O) groups excluding carboxylic acids is 3. The summed E-state index contributed by atoms with van der Waals surface area (Å²) in [7, 11) is 0. The molecule has 1 amide bonds. The molecule has 1 saturated carbocycles. The van der Waals surface area contributed by atoms with E-state index in [9.17, 15) is 34.8 Å². The Hall–Kier alpha value is -5.46. The Balaban J connectivity index is 1.34. The minimum Gasteiger partial charge on any atom is -0.508 e. The normalized spacial score (nSPS) is 16.4. The summed E-state index contributed by atoms with van der Waals surface area (Å²) in [5.41, 5.74) is -0.708. The maximum absolute atomic E-state index is 13.3. The van der Waals surface area contributed by atoms with Crippen LogP contribution < -0.4 is 5.32 Å². The molecule has 1 aliphatic rings. The summed E-state index contributed by atoms with van der Waals surface area (Å²) in [5.74, 6) is -4.10. The Morgan fingerprint density at radius 2 is 1.60 bits per heavy atom. The van der Waals surface area contributed by atoms with E-state index in [1.165, 1.54) is 42.5 Å². The van der Waals surface area contributed by atoms with Gasteiger partial charge >= 0.3 is 5.97 Å². The molecule has 13 nitrogen and oxygen atoms in total. The Morgan fingerprint density at radius 3 is 2.27 bits per heavy atom. The summed E-state index contributed by atoms with van der Waals surface area (Å²) in [4.78, 5) is 39.8. The van der Waals surface area contributed by atoms with Crippen molar-refractivity contribution in [3.63, 3.8) is 0 Å². The van der Waals surface area contributed by atoms with Crippen LogP contribution in [-0.4, -0.2) is 70.4 Å². The lowest BCUT2D eigenvalue weighted by Crippen LogP contribution is -2.41. The van der Waals surface area contributed by atoms with Gasteiger partial charge in [-0.05, 0) is 73.0 Å². The molecule has 0 spiro atoms. The van der Waals surface area contributed by atoms with E-state index < -0.39 is 52.6 Å². The number of phenolic OH excluding ortho intramolecular Hbond substituents is 4. The third-order valence-electron chi connectivity index (χ3n) is 6.53. The van der Waals surface area contributed by atoms with Crippen LogP contribution in [0.5, 0.6) is 23.0 Å². The maximum atomic E-state index is 13.3. The summed E-state index contributed by atoms with van der Waals surface area (Å²) in [6, 6.07) is 11.3. The highest BCUT2D eigenvalue weighted by Gasteiger charge is 2.33. The van der Waals surface area contributed by atoms with Gasteiger partial charge in [-0.3, -0.25) is 9.59 Å². The van der Waals surface area contributed by atoms with Crippen LogP contribution in [0.15, 0.2) is 60.9 Å². The van der Waals surface area contributed by atoms with Crippen LogP contribution in [0.4, 0.5) is 0 Å². The van der Waals surface area contributed by atoms with Crippen molar-refractivity contribution in [3.05, 3.63) is 83.2 Å². The van der Waals surface area contributed by atoms with E-state index in [1.807, 2.05) is 0 Å². The topological polar surface area (TPSA) is 197 Å². The third-order valence-corrected chi connectivity index (χ3v) is 6.53. The van der Waals surface area contributed by atoms with Crippen molar-refractivity contribution in [1.29, 1.82) is 0 Å². The number of tetrazole rings is 1. The standard InChI is InChI=1S/C27H23N5O8/c33-16-9-7-14(8-10-16)26(38)30-17-3-1-6-22(17)40-27(39)15-11-20(35)24(21(36)12-15)25(37)23-18(4-2-5-19(23)34)32-29-13-28-31-32/h2,4-5,7-13,17,22,33-36H,1,3,6H2,(H,30,38). The molecular weight excluding hydrogens is 522 g/mol. The fraction of sp³-hybridized carbons (Fsp3) is 0.185. The predicted molar refractivity (Wildman–Crippen MR) is 136 cm³/mol. The first-order chi connectivity index (χ1) is 19.2. The zero-order chi connectivity index (χ0) is 28.4. The number of aromatic hydroxyl groups is 4. The average molecular weight is 546 g/mol. The molecule has 4 aromatic rings. The Kier molecular flexibility index (Phi) is 7.01. The SMILES string of the molecule is O=C(NC1CCCC1OC(=O)c1cc(O)c(C(=O)c2c(O)cccc2-n2ncnn2)c(O)c1)c1ccc(O)cc1. The number of nitrogens with zero attached hydrogens (tertiary/aromatic N) is 4. The number of nitrogens with one attached hydrogen (secondary N) is 1. The number of aromatic nitrogens is 4. The monoisotopic (exact) mass is 545 g/mol. The number of carbonyl (C=O) groups is 3. The number of rotatable bonds is 7. The van der Waals surface area contributed by atoms with Crippen LogP contribution in [0.25, 0.3) is 5.69 Å². The van der Waals surface area contributed by atoms with Gasteiger partial charge in [-0.25, -0.2) is 4.79 Å². The lowest BCUT2D eigenvalue weighted by molar-refractivity contribution is 0.0249. The molecule has 0 aliphatic heterocycles. The Morgan fingerprint density at radius 1 is 0.875 bits per heavy atom. The van der Waals surface area contributed by atoms with Crippen LogP contribution in [0, 0.1) is 0 Å². The van der Waals surface area contributed by atoms with Crippen LogP contribution >= 0.6 is 0 Å². The highest BCUT2D eigenvalue weighted by atomic mass is 16.5. The van der Waals surface area contributed by atoms with E-state index in [4.69, 9.17) is 4.74 Å². The zero-order valence-corrected chi connectivity index (χ0v) is 20.8. The van der Waals surface area contributed by atoms with Crippen LogP contribution in [-0.2, 0) is 4.74 Å². The van der Waals surface area contributed by atoms with E-state index in [0.29, 0.717) is 24.8 Å². The van der Waals surface area contributed by atoms with Gasteiger partial charge in [-0.2, -0.15) is 0 Å². The van der Waals surface area contributed by atoms with Gasteiger partial charge in [0.15, 0.2) is 6.33 Å². The molecule has 2 atom stereocenters. The first-order valence-electron chi connectivity index (χ1n) is 12.2. The summed E-state index contributed by atoms with van der Waals surface area (Å²) in [6.07, 6.45) is 2.19. The van der Waals surface area contributed by atoms with Crippen LogP contribution in [0.1, 0.15) is 55.9 Å². The van der Waals surface area contributed by atoms with E-state index in [1.54, 1.807) is 0 Å². The van der Waals surface area contributed by atoms with Gasteiger partial charge in [0, 0.05) is 5.56 Å². The van der Waals surface area contributed by atoms with Crippen LogP contribution in [0.2, 0.25) is 0 Å². The highest BCUT2D eigenvalue weighted by Crippen LogP contribution is 2.36. The lowest BCUT2D eigenvalue weighted by atomic mass is 9.97. The minimum atomic E-state index is -0.951. The molecule has 0 saturated heterocycles. The summed E-state index contributed by atoms with van der Waals surface area (Å²) >= 11 is 0. The maximum Gasteiger partial charge on any atom is 0.338 e. The summed E-state index contributed by atoms with van der Waals surface area (Å²) < 4.78 is 5.58. The van der Waals surface area contributed by atoms with Gasteiger partial charge in [0.05, 0.1) is 17.2 Å². The first-order valence-corrected chi connectivity index (χ1v) is 12.2. The molecule has 2 unspecified atom stereocenters. The number of phenols is 4. The van der Waals surface area contributed by atoms with Crippen molar-refractivity contribution in [1.82, 2.24) is 25.5 Å². The number of esters is 1. The molecule has 1 aliphatic carbocycles. The van der Waals surface area contributed by atoms with Crippen molar-refractivity contribution in [2.75, 3.05) is 0 Å². The summed E-state index contributed by atoms with van der Waals surface area (Å²) in [5, 5.41) is 55.1. The summed E-state index contributed by atoms with van der Waals surface area (Å²) in [6.45, 7) is 0. The quantitative estimate of drug-likeness (QED) is 0.169. The van der Waals surface area contributed by atoms with Crippen LogP contribution in [0.3, 0.4) is 0 Å². The molecule has 5 N–H and O–H groups in total. The molecule has 204 valence electrons. The first kappa shape index (κ1) is 26.2. The van der Waals surface area contributed by atoms with Crippen molar-refractivity contribution < 1.29 is 39.5 Å². The number of benzene rings is 3. The number of ether oxygens (including phenoxy) is 1. The molecular formula is C27H23N5O8. The second-order valence-electron chi connectivity index (χ2n) is 9.12. The van der Waals surface area contributed by atoms with E-state index in [-0.39, 0.29) is 22.6 Å². The fourth-order valence-electron chi connectivity index (χ4n) is 4.59. The molecule has 1 heterocycles. The van der Waals surface area contributed by atoms with Gasteiger partial charge in [-0.15, -0.1) is 15.0 Å². The second kappa shape index (κ2) is 10.7. The largest absolute Gasteiger partial charge is 0.508 e. The van der Waals surface area contributed by atoms with Gasteiger partial charge in [0.2, 0.25) is 5.78 Å². The number of amides is 1. The van der Waals surface area contributed by atoms with Crippen molar-refractivity contribution >= 4 is 17.7 Å². The smallest absolute Gasteiger partial charge is 0.338 e. The molecule has 3 aromatic carbocycles. The number of hydrogen-bond donors (Lipinski definition) is 5. The number of ketones is 1. The van der Waals surface area contributed by atoms with Gasteiger partial charge in [0.25, 0.3) is 5.91 Å². The third kappa shape index (κ3) is 5.12. The predicted octanol–water partition coefficient (Wildman–Crippen LogP) is 2.22. The molecule has 1 fully saturated rings. The van der Waals surface area contributed by atoms with Crippen molar-refractivity contribution in [2.24, 2.45) is 0 Å². The molecule has 5 rings (SSSR count). The molecule has 0 radical (unpaired) electrons. The van der Waals surface area contributed by atoms with E-state index in [2.05, 4.69) is 20.7 Å². The minimum absolute atomic E-state index is 0.0247. The van der Waals surface area contributed by atoms with E-state index in [0.717, 1.165) is 23.3 Å². The lowest BCUT2D eigenvalue weighted by Gasteiger charge is -2.21. The Labute approximate surface area is 226 Å².